The molecule has 1 aromatic rings. The van der Waals surface area contributed by atoms with Crippen LogP contribution in [0.4, 0.5) is 0 Å². The van der Waals surface area contributed by atoms with E-state index in [1.807, 2.05) is 0 Å². The first-order chi connectivity index (χ1) is 6.34. The van der Waals surface area contributed by atoms with E-state index >= 15 is 0 Å². The van der Waals surface area contributed by atoms with Crippen LogP contribution in [0.1, 0.15) is 11.1 Å². The van der Waals surface area contributed by atoms with E-state index in [1.165, 1.54) is 11.1 Å². The van der Waals surface area contributed by atoms with Gasteiger partial charge >= 0.3 is 0 Å². The van der Waals surface area contributed by atoms with Gasteiger partial charge in [0.05, 0.1) is 6.61 Å². The highest BCUT2D eigenvalue weighted by molar-refractivity contribution is 5.25. The summed E-state index contributed by atoms with van der Waals surface area (Å²) in [4.78, 5) is 0. The van der Waals surface area contributed by atoms with Gasteiger partial charge in [0, 0.05) is 6.54 Å². The Kier molecular flexibility index (Phi) is 4.50. The minimum Gasteiger partial charge on any atom is -0.395 e. The second-order valence-corrected chi connectivity index (χ2v) is 3.15. The Balaban J connectivity index is 2.32. The molecule has 0 unspecified atom stereocenters. The van der Waals surface area contributed by atoms with Crippen molar-refractivity contribution in [2.45, 2.75) is 13.3 Å². The van der Waals surface area contributed by atoms with Crippen molar-refractivity contribution in [1.82, 2.24) is 5.32 Å². The van der Waals surface area contributed by atoms with Crippen LogP contribution < -0.4 is 5.32 Å². The van der Waals surface area contributed by atoms with Gasteiger partial charge in [0.1, 0.15) is 0 Å². The van der Waals surface area contributed by atoms with Crippen molar-refractivity contribution in [1.29, 1.82) is 0 Å². The predicted octanol–water partition coefficient (Wildman–Crippen LogP) is 1.12. The van der Waals surface area contributed by atoms with E-state index < -0.39 is 0 Å². The minimum absolute atomic E-state index is 0.216. The Morgan fingerprint density at radius 1 is 1.23 bits per heavy atom. The fraction of sp³-hybridized carbons (Fsp3) is 0.455. The van der Waals surface area contributed by atoms with Crippen LogP contribution in [0.3, 0.4) is 0 Å². The normalized spacial score (nSPS) is 10.3. The molecule has 0 bridgehead atoms. The lowest BCUT2D eigenvalue weighted by Crippen LogP contribution is -2.21. The standard InChI is InChI=1S/C11H17NO/c1-10-4-2-3-5-11(10)6-7-12-8-9-13/h2-5,12-13H,6-9H2,1H3. The van der Waals surface area contributed by atoms with Gasteiger partial charge in [-0.15, -0.1) is 0 Å². The maximum absolute atomic E-state index is 8.56. The van der Waals surface area contributed by atoms with Crippen LogP contribution in [-0.4, -0.2) is 24.8 Å². The minimum atomic E-state index is 0.216. The number of aliphatic hydroxyl groups excluding tert-OH is 1. The molecular weight excluding hydrogens is 162 g/mol. The second-order valence-electron chi connectivity index (χ2n) is 3.15. The van der Waals surface area contributed by atoms with E-state index in [0.717, 1.165) is 13.0 Å². The molecule has 2 N–H and O–H groups in total. The lowest BCUT2D eigenvalue weighted by atomic mass is 10.1. The van der Waals surface area contributed by atoms with Crippen LogP contribution >= 0.6 is 0 Å². The number of hydrogen-bond acceptors (Lipinski definition) is 2. The number of hydrogen-bond donors (Lipinski definition) is 2. The van der Waals surface area contributed by atoms with Gasteiger partial charge in [0.15, 0.2) is 0 Å². The van der Waals surface area contributed by atoms with Crippen molar-refractivity contribution < 1.29 is 5.11 Å². The van der Waals surface area contributed by atoms with E-state index in [2.05, 4.69) is 36.5 Å². The van der Waals surface area contributed by atoms with E-state index in [9.17, 15) is 0 Å². The number of nitrogens with one attached hydrogen (secondary N) is 1. The molecule has 0 aliphatic carbocycles. The third-order valence-corrected chi connectivity index (χ3v) is 2.12. The molecule has 0 amide bonds. The lowest BCUT2D eigenvalue weighted by Gasteiger charge is -2.05. The van der Waals surface area contributed by atoms with Gasteiger partial charge < -0.3 is 10.4 Å². The molecule has 2 heteroatoms. The Bertz CT molecular complexity index is 248. The number of aliphatic hydroxyl groups is 1. The molecule has 0 atom stereocenters. The summed E-state index contributed by atoms with van der Waals surface area (Å²) >= 11 is 0. The van der Waals surface area contributed by atoms with Gasteiger partial charge in [-0.1, -0.05) is 24.3 Å². The van der Waals surface area contributed by atoms with Gasteiger partial charge in [0.2, 0.25) is 0 Å². The van der Waals surface area contributed by atoms with Crippen LogP contribution in [0.15, 0.2) is 24.3 Å². The van der Waals surface area contributed by atoms with Crippen LogP contribution in [0.5, 0.6) is 0 Å². The number of benzene rings is 1. The Morgan fingerprint density at radius 3 is 2.69 bits per heavy atom. The van der Waals surface area contributed by atoms with Gasteiger partial charge in [-0.05, 0) is 31.0 Å². The van der Waals surface area contributed by atoms with Crippen molar-refractivity contribution in [2.75, 3.05) is 19.7 Å². The number of rotatable bonds is 5. The molecule has 0 aromatic heterocycles. The maximum atomic E-state index is 8.56. The van der Waals surface area contributed by atoms with Gasteiger partial charge in [-0.25, -0.2) is 0 Å². The fourth-order valence-corrected chi connectivity index (χ4v) is 1.32. The fourth-order valence-electron chi connectivity index (χ4n) is 1.32. The first-order valence-electron chi connectivity index (χ1n) is 4.70. The molecule has 13 heavy (non-hydrogen) atoms. The van der Waals surface area contributed by atoms with Crippen LogP contribution in [0.2, 0.25) is 0 Å². The van der Waals surface area contributed by atoms with Crippen molar-refractivity contribution >= 4 is 0 Å². The Morgan fingerprint density at radius 2 is 2.00 bits per heavy atom. The van der Waals surface area contributed by atoms with Crippen LogP contribution in [-0.2, 0) is 6.42 Å². The molecule has 0 radical (unpaired) electrons. The molecule has 0 heterocycles. The van der Waals surface area contributed by atoms with Crippen LogP contribution in [0, 0.1) is 6.92 Å². The van der Waals surface area contributed by atoms with Crippen molar-refractivity contribution in [3.63, 3.8) is 0 Å². The Hall–Kier alpha value is -0.860. The average molecular weight is 179 g/mol. The maximum Gasteiger partial charge on any atom is 0.0555 e. The monoisotopic (exact) mass is 179 g/mol. The molecule has 1 rings (SSSR count). The van der Waals surface area contributed by atoms with E-state index in [1.54, 1.807) is 0 Å². The second kappa shape index (κ2) is 5.73. The van der Waals surface area contributed by atoms with Crippen molar-refractivity contribution in [3.05, 3.63) is 35.4 Å². The largest absolute Gasteiger partial charge is 0.395 e. The molecule has 0 saturated heterocycles. The van der Waals surface area contributed by atoms with Gasteiger partial charge in [-0.2, -0.15) is 0 Å². The van der Waals surface area contributed by atoms with Crippen LogP contribution in [0.25, 0.3) is 0 Å². The molecule has 2 nitrogen and oxygen atoms in total. The lowest BCUT2D eigenvalue weighted by molar-refractivity contribution is 0.293. The highest BCUT2D eigenvalue weighted by atomic mass is 16.3. The molecule has 1 aromatic carbocycles. The van der Waals surface area contributed by atoms with E-state index in [0.29, 0.717) is 6.54 Å². The zero-order chi connectivity index (χ0) is 9.52. The third-order valence-electron chi connectivity index (χ3n) is 2.12. The Labute approximate surface area is 79.6 Å². The molecule has 0 fully saturated rings. The molecular formula is C11H17NO. The molecule has 0 aliphatic heterocycles. The highest BCUT2D eigenvalue weighted by Crippen LogP contribution is 2.06. The molecule has 0 spiro atoms. The summed E-state index contributed by atoms with van der Waals surface area (Å²) in [6.45, 7) is 3.96. The summed E-state index contributed by atoms with van der Waals surface area (Å²) < 4.78 is 0. The topological polar surface area (TPSA) is 32.3 Å². The smallest absolute Gasteiger partial charge is 0.0555 e. The highest BCUT2D eigenvalue weighted by Gasteiger charge is 1.95. The predicted molar refractivity (Wildman–Crippen MR) is 54.8 cm³/mol. The van der Waals surface area contributed by atoms with Crippen molar-refractivity contribution in [2.24, 2.45) is 0 Å². The molecule has 72 valence electrons. The van der Waals surface area contributed by atoms with Gasteiger partial charge in [0.25, 0.3) is 0 Å². The summed E-state index contributed by atoms with van der Waals surface area (Å²) in [5.41, 5.74) is 2.72. The van der Waals surface area contributed by atoms with E-state index in [4.69, 9.17) is 5.11 Å². The summed E-state index contributed by atoms with van der Waals surface area (Å²) in [5, 5.41) is 11.7. The summed E-state index contributed by atoms with van der Waals surface area (Å²) in [5.74, 6) is 0. The van der Waals surface area contributed by atoms with E-state index in [-0.39, 0.29) is 6.61 Å². The quantitative estimate of drug-likeness (QED) is 0.664. The zero-order valence-corrected chi connectivity index (χ0v) is 8.09. The third kappa shape index (κ3) is 3.57. The zero-order valence-electron chi connectivity index (χ0n) is 8.09. The molecule has 0 saturated carbocycles. The summed E-state index contributed by atoms with van der Waals surface area (Å²) in [6, 6.07) is 8.39. The first kappa shape index (κ1) is 10.2. The van der Waals surface area contributed by atoms with Crippen molar-refractivity contribution in [3.8, 4) is 0 Å². The SMILES string of the molecule is Cc1ccccc1CCNCCO. The summed E-state index contributed by atoms with van der Waals surface area (Å²) in [6.07, 6.45) is 1.03. The first-order valence-corrected chi connectivity index (χ1v) is 4.70. The number of aryl methyl sites for hydroxylation is 1. The summed E-state index contributed by atoms with van der Waals surface area (Å²) in [7, 11) is 0. The average Bonchev–Trinajstić information content (AvgIpc) is 2.15. The molecule has 0 aliphatic rings. The van der Waals surface area contributed by atoms with Gasteiger partial charge in [-0.3, -0.25) is 0 Å².